The normalized spacial score (nSPS) is 49.7. The Morgan fingerprint density at radius 1 is 1.16 bits per heavy atom. The van der Waals surface area contributed by atoms with E-state index in [1.165, 1.54) is 18.4 Å². The molecule has 0 aromatic carbocycles. The first kappa shape index (κ1) is 21.9. The van der Waals surface area contributed by atoms with E-state index in [1.807, 2.05) is 0 Å². The first-order chi connectivity index (χ1) is 14.7. The lowest BCUT2D eigenvalue weighted by molar-refractivity contribution is -0.158. The Morgan fingerprint density at radius 2 is 1.94 bits per heavy atom. The molecule has 0 aromatic rings. The molecular weight excluding hydrogens is 388 g/mol. The second kappa shape index (κ2) is 7.58. The Balaban J connectivity index is 1.41. The zero-order valence-electron chi connectivity index (χ0n) is 19.9. The first-order valence-electron chi connectivity index (χ1n) is 12.9. The van der Waals surface area contributed by atoms with Crippen LogP contribution in [-0.4, -0.2) is 34.8 Å². The molecule has 31 heavy (non-hydrogen) atoms. The monoisotopic (exact) mass is 430 g/mol. The minimum Gasteiger partial charge on any atom is -0.494 e. The molecule has 0 bridgehead atoms. The van der Waals surface area contributed by atoms with E-state index in [4.69, 9.17) is 4.74 Å². The smallest absolute Gasteiger partial charge is 0.140 e. The standard InChI is InChI=1S/C27H42O4/c1-15(14-28)5-8-22-16(2)25-23(31-22)12-21-19-7-6-17-11-18(29)9-10-26(17,3)20(19)13-24(30)27(21,25)4/h15,17-21,23,25,28-29H,5-14H2,1-4H3/t15-,17+,18+,19-,20+,21+,23+,25+,26+,27-/m1/s1. The number of aliphatic hydroxyl groups excluding tert-OH is 2. The van der Waals surface area contributed by atoms with Gasteiger partial charge in [0.25, 0.3) is 0 Å². The largest absolute Gasteiger partial charge is 0.494 e. The summed E-state index contributed by atoms with van der Waals surface area (Å²) in [4.78, 5) is 13.9. The van der Waals surface area contributed by atoms with Gasteiger partial charge in [-0.05, 0) is 92.4 Å². The van der Waals surface area contributed by atoms with Gasteiger partial charge in [0.2, 0.25) is 0 Å². The quantitative estimate of drug-likeness (QED) is 0.667. The molecule has 0 radical (unpaired) electrons. The van der Waals surface area contributed by atoms with Crippen LogP contribution in [0.4, 0.5) is 0 Å². The van der Waals surface area contributed by atoms with E-state index in [-0.39, 0.29) is 41.5 Å². The Hall–Kier alpha value is -0.870. The maximum absolute atomic E-state index is 13.9. The number of carbonyl (C=O) groups is 1. The van der Waals surface area contributed by atoms with Crippen molar-refractivity contribution in [2.45, 2.75) is 97.7 Å². The Morgan fingerprint density at radius 3 is 2.68 bits per heavy atom. The molecule has 4 nitrogen and oxygen atoms in total. The molecule has 0 aromatic heterocycles. The summed E-state index contributed by atoms with van der Waals surface area (Å²) < 4.78 is 6.54. The van der Waals surface area contributed by atoms with Gasteiger partial charge in [-0.25, -0.2) is 0 Å². The maximum atomic E-state index is 13.9. The summed E-state index contributed by atoms with van der Waals surface area (Å²) in [5.74, 6) is 4.23. The van der Waals surface area contributed by atoms with Gasteiger partial charge >= 0.3 is 0 Å². The average Bonchev–Trinajstić information content (AvgIpc) is 3.22. The molecule has 5 aliphatic rings. The van der Waals surface area contributed by atoms with E-state index in [9.17, 15) is 15.0 Å². The molecule has 4 heteroatoms. The van der Waals surface area contributed by atoms with Crippen LogP contribution in [0.15, 0.2) is 11.3 Å². The van der Waals surface area contributed by atoms with Gasteiger partial charge in [0.1, 0.15) is 11.9 Å². The van der Waals surface area contributed by atoms with E-state index < -0.39 is 0 Å². The first-order valence-corrected chi connectivity index (χ1v) is 12.9. The molecule has 174 valence electrons. The number of fused-ring (bicyclic) bond motifs is 7. The van der Waals surface area contributed by atoms with Crippen molar-refractivity contribution in [2.75, 3.05) is 6.61 Å². The zero-order valence-corrected chi connectivity index (χ0v) is 19.9. The lowest BCUT2D eigenvalue weighted by atomic mass is 9.44. The van der Waals surface area contributed by atoms with Gasteiger partial charge in [-0.2, -0.15) is 0 Å². The third-order valence-electron chi connectivity index (χ3n) is 10.9. The van der Waals surface area contributed by atoms with Gasteiger partial charge in [-0.15, -0.1) is 0 Å². The van der Waals surface area contributed by atoms with Crippen molar-refractivity contribution in [3.8, 4) is 0 Å². The van der Waals surface area contributed by atoms with Crippen molar-refractivity contribution in [3.05, 3.63) is 11.3 Å². The van der Waals surface area contributed by atoms with E-state index in [0.29, 0.717) is 29.5 Å². The molecule has 4 saturated carbocycles. The highest BCUT2D eigenvalue weighted by atomic mass is 16.5. The summed E-state index contributed by atoms with van der Waals surface area (Å²) in [6.07, 6.45) is 8.93. The number of allylic oxidation sites excluding steroid dienone is 1. The van der Waals surface area contributed by atoms with Crippen LogP contribution >= 0.6 is 0 Å². The molecule has 0 unspecified atom stereocenters. The highest BCUT2D eigenvalue weighted by Gasteiger charge is 2.67. The fraction of sp³-hybridized carbons (Fsp3) is 0.889. The van der Waals surface area contributed by atoms with E-state index in [1.54, 1.807) is 0 Å². The molecule has 0 amide bonds. The Labute approximate surface area is 187 Å². The Kier molecular flexibility index (Phi) is 5.37. The highest BCUT2D eigenvalue weighted by Crippen LogP contribution is 2.68. The molecule has 5 rings (SSSR count). The number of hydrogen-bond acceptors (Lipinski definition) is 4. The molecule has 0 spiro atoms. The number of ether oxygens (including phenoxy) is 1. The SMILES string of the molecule is CC1=C(CC[C@@H](C)CO)O[C@H]2C[C@H]3[C@@H]4CC[C@H]5C[C@@H](O)CC[C@]5(C)[C@H]4CC(=O)[C@]3(C)[C@@H]12. The molecule has 1 aliphatic heterocycles. The van der Waals surface area contributed by atoms with Crippen LogP contribution in [0.1, 0.15) is 85.5 Å². The number of rotatable bonds is 4. The predicted octanol–water partition coefficient (Wildman–Crippen LogP) is 4.88. The topological polar surface area (TPSA) is 66.8 Å². The van der Waals surface area contributed by atoms with Crippen LogP contribution in [0.5, 0.6) is 0 Å². The van der Waals surface area contributed by atoms with Crippen molar-refractivity contribution in [3.63, 3.8) is 0 Å². The van der Waals surface area contributed by atoms with Gasteiger partial charge in [0.15, 0.2) is 0 Å². The van der Waals surface area contributed by atoms with Crippen LogP contribution < -0.4 is 0 Å². The minimum absolute atomic E-state index is 0.141. The molecule has 1 heterocycles. The fourth-order valence-electron chi connectivity index (χ4n) is 8.97. The highest BCUT2D eigenvalue weighted by molar-refractivity contribution is 5.87. The Bertz CT molecular complexity index is 773. The van der Waals surface area contributed by atoms with E-state index in [2.05, 4.69) is 27.7 Å². The van der Waals surface area contributed by atoms with Gasteiger partial charge in [0.05, 0.1) is 11.9 Å². The average molecular weight is 431 g/mol. The number of aliphatic hydroxyl groups is 2. The van der Waals surface area contributed by atoms with Gasteiger partial charge in [0, 0.05) is 30.8 Å². The van der Waals surface area contributed by atoms with Crippen molar-refractivity contribution in [1.82, 2.24) is 0 Å². The van der Waals surface area contributed by atoms with Crippen LogP contribution in [-0.2, 0) is 9.53 Å². The molecule has 4 aliphatic carbocycles. The van der Waals surface area contributed by atoms with Gasteiger partial charge in [-0.1, -0.05) is 20.8 Å². The minimum atomic E-state index is -0.280. The molecular formula is C27H42O4. The third-order valence-corrected chi connectivity index (χ3v) is 10.9. The number of carbonyl (C=O) groups excluding carboxylic acids is 1. The summed E-state index contributed by atoms with van der Waals surface area (Å²) in [6.45, 7) is 9.21. The van der Waals surface area contributed by atoms with Crippen LogP contribution in [0.2, 0.25) is 0 Å². The molecule has 0 saturated heterocycles. The third kappa shape index (κ3) is 3.10. The second-order valence-corrected chi connectivity index (χ2v) is 12.3. The van der Waals surface area contributed by atoms with Gasteiger partial charge in [-0.3, -0.25) is 4.79 Å². The predicted molar refractivity (Wildman–Crippen MR) is 120 cm³/mol. The van der Waals surface area contributed by atoms with Crippen LogP contribution in [0, 0.1) is 46.3 Å². The van der Waals surface area contributed by atoms with Crippen LogP contribution in [0.25, 0.3) is 0 Å². The van der Waals surface area contributed by atoms with Crippen molar-refractivity contribution in [1.29, 1.82) is 0 Å². The van der Waals surface area contributed by atoms with E-state index in [0.717, 1.165) is 50.7 Å². The summed E-state index contributed by atoms with van der Waals surface area (Å²) in [6, 6.07) is 0. The van der Waals surface area contributed by atoms with E-state index >= 15 is 0 Å². The molecule has 4 fully saturated rings. The lowest BCUT2D eigenvalue weighted by Crippen LogP contribution is -2.57. The van der Waals surface area contributed by atoms with Crippen molar-refractivity contribution < 1.29 is 19.7 Å². The summed E-state index contributed by atoms with van der Waals surface area (Å²) in [7, 11) is 0. The summed E-state index contributed by atoms with van der Waals surface area (Å²) in [5.41, 5.74) is 1.25. The number of hydrogen-bond donors (Lipinski definition) is 2. The number of Topliss-reactive ketones (excluding diaryl/α,β-unsaturated/α-hetero) is 1. The van der Waals surface area contributed by atoms with Gasteiger partial charge < -0.3 is 14.9 Å². The van der Waals surface area contributed by atoms with Crippen LogP contribution in [0.3, 0.4) is 0 Å². The summed E-state index contributed by atoms with van der Waals surface area (Å²) >= 11 is 0. The molecule has 2 N–H and O–H groups in total. The lowest BCUT2D eigenvalue weighted by Gasteiger charge is -2.60. The fourth-order valence-corrected chi connectivity index (χ4v) is 8.97. The zero-order chi connectivity index (χ0) is 22.1. The second-order valence-electron chi connectivity index (χ2n) is 12.3. The van der Waals surface area contributed by atoms with Crippen molar-refractivity contribution in [2.24, 2.45) is 46.3 Å². The maximum Gasteiger partial charge on any atom is 0.140 e. The summed E-state index contributed by atoms with van der Waals surface area (Å²) in [5, 5.41) is 19.6. The number of ketones is 1. The van der Waals surface area contributed by atoms with Crippen molar-refractivity contribution >= 4 is 5.78 Å². The molecule has 10 atom stereocenters.